The molecule has 8 heteroatoms. The van der Waals surface area contributed by atoms with E-state index in [0.717, 1.165) is 34.3 Å². The molecule has 3 heterocycles. The quantitative estimate of drug-likeness (QED) is 0.351. The lowest BCUT2D eigenvalue weighted by Gasteiger charge is -2.09. The molecule has 5 aromatic rings. The molecule has 0 saturated heterocycles. The number of para-hydroxylation sites is 1. The Kier molecular flexibility index (Phi) is 5.86. The molecule has 0 aliphatic rings. The fourth-order valence-electron chi connectivity index (χ4n) is 3.96. The van der Waals surface area contributed by atoms with E-state index in [4.69, 9.17) is 16.6 Å². The minimum absolute atomic E-state index is 0.242. The maximum absolute atomic E-state index is 13.3. The first-order chi connectivity index (χ1) is 16.5. The third kappa shape index (κ3) is 4.43. The maximum atomic E-state index is 13.3. The molecule has 0 aliphatic carbocycles. The van der Waals surface area contributed by atoms with Crippen LogP contribution in [0.5, 0.6) is 0 Å². The van der Waals surface area contributed by atoms with E-state index >= 15 is 0 Å². The Hall–Kier alpha value is -3.97. The summed E-state index contributed by atoms with van der Waals surface area (Å²) in [6, 6.07) is 18.9. The average molecular weight is 471 g/mol. The molecule has 1 amide bonds. The number of aromatic nitrogens is 5. The monoisotopic (exact) mass is 470 g/mol. The summed E-state index contributed by atoms with van der Waals surface area (Å²) in [6.07, 6.45) is 3.79. The van der Waals surface area contributed by atoms with Crippen molar-refractivity contribution in [1.29, 1.82) is 0 Å². The number of pyridine rings is 1. The molecule has 0 radical (unpaired) electrons. The number of rotatable bonds is 6. The van der Waals surface area contributed by atoms with Gasteiger partial charge in [0.2, 0.25) is 0 Å². The zero-order valence-corrected chi connectivity index (χ0v) is 19.6. The van der Waals surface area contributed by atoms with E-state index in [1.807, 2.05) is 85.5 Å². The van der Waals surface area contributed by atoms with Crippen molar-refractivity contribution in [2.24, 2.45) is 0 Å². The Labute approximate surface area is 202 Å². The van der Waals surface area contributed by atoms with Crippen LogP contribution in [-0.4, -0.2) is 30.5 Å². The highest BCUT2D eigenvalue weighted by atomic mass is 35.5. The summed E-state index contributed by atoms with van der Waals surface area (Å²) in [4.78, 5) is 18.1. The van der Waals surface area contributed by atoms with Gasteiger partial charge >= 0.3 is 0 Å². The Morgan fingerprint density at radius 1 is 1.03 bits per heavy atom. The van der Waals surface area contributed by atoms with Gasteiger partial charge in [0.05, 0.1) is 29.0 Å². The molecule has 0 saturated carbocycles. The lowest BCUT2D eigenvalue weighted by atomic mass is 10.0. The van der Waals surface area contributed by atoms with Gasteiger partial charge in [-0.25, -0.2) is 4.98 Å². The van der Waals surface area contributed by atoms with Gasteiger partial charge in [0.25, 0.3) is 5.91 Å². The van der Waals surface area contributed by atoms with Crippen molar-refractivity contribution in [3.63, 3.8) is 0 Å². The maximum Gasteiger partial charge on any atom is 0.257 e. The van der Waals surface area contributed by atoms with Crippen molar-refractivity contribution < 1.29 is 4.79 Å². The number of aryl methyl sites for hydroxylation is 2. The molecular weight excluding hydrogens is 448 g/mol. The molecule has 0 bridgehead atoms. The molecule has 170 valence electrons. The number of fused-ring (bicyclic) bond motifs is 1. The molecule has 0 fully saturated rings. The van der Waals surface area contributed by atoms with E-state index in [-0.39, 0.29) is 5.91 Å². The van der Waals surface area contributed by atoms with Crippen LogP contribution in [0.4, 0.5) is 5.82 Å². The Balaban J connectivity index is 1.45. The lowest BCUT2D eigenvalue weighted by Crippen LogP contribution is -2.14. The van der Waals surface area contributed by atoms with Crippen molar-refractivity contribution in [3.05, 3.63) is 94.9 Å². The minimum atomic E-state index is -0.242. The molecule has 0 spiro atoms. The number of nitrogens with one attached hydrogen (secondary N) is 1. The molecule has 34 heavy (non-hydrogen) atoms. The van der Waals surface area contributed by atoms with Gasteiger partial charge in [-0.3, -0.25) is 14.2 Å². The third-order valence-corrected chi connectivity index (χ3v) is 5.86. The van der Waals surface area contributed by atoms with Crippen molar-refractivity contribution in [3.8, 4) is 11.3 Å². The largest absolute Gasteiger partial charge is 0.305 e. The first kappa shape index (κ1) is 21.9. The van der Waals surface area contributed by atoms with Crippen LogP contribution in [0, 0.1) is 6.92 Å². The second-order valence-electron chi connectivity index (χ2n) is 8.04. The molecule has 2 aromatic carbocycles. The van der Waals surface area contributed by atoms with Crippen molar-refractivity contribution in [2.45, 2.75) is 26.9 Å². The van der Waals surface area contributed by atoms with Crippen molar-refractivity contribution in [2.75, 3.05) is 5.32 Å². The zero-order valence-electron chi connectivity index (χ0n) is 18.9. The summed E-state index contributed by atoms with van der Waals surface area (Å²) in [6.45, 7) is 5.30. The van der Waals surface area contributed by atoms with Gasteiger partial charge in [-0.1, -0.05) is 41.9 Å². The van der Waals surface area contributed by atoms with Crippen LogP contribution >= 0.6 is 11.6 Å². The van der Waals surface area contributed by atoms with E-state index in [0.29, 0.717) is 28.6 Å². The van der Waals surface area contributed by atoms with Crippen LogP contribution in [0.15, 0.2) is 73.1 Å². The fourth-order valence-corrected chi connectivity index (χ4v) is 4.17. The molecule has 3 aromatic heterocycles. The minimum Gasteiger partial charge on any atom is -0.305 e. The van der Waals surface area contributed by atoms with Gasteiger partial charge in [0.1, 0.15) is 0 Å². The first-order valence-corrected chi connectivity index (χ1v) is 11.4. The van der Waals surface area contributed by atoms with Crippen LogP contribution in [0.25, 0.3) is 22.2 Å². The number of benzene rings is 2. The number of amides is 1. The number of anilines is 1. The van der Waals surface area contributed by atoms with E-state index in [9.17, 15) is 4.79 Å². The molecular formula is C26H23ClN6O. The second kappa shape index (κ2) is 9.11. The van der Waals surface area contributed by atoms with Gasteiger partial charge in [-0.15, -0.1) is 0 Å². The molecule has 0 unspecified atom stereocenters. The van der Waals surface area contributed by atoms with Gasteiger partial charge in [-0.2, -0.15) is 10.2 Å². The summed E-state index contributed by atoms with van der Waals surface area (Å²) in [5.74, 6) is 0.234. The highest BCUT2D eigenvalue weighted by Gasteiger charge is 2.17. The van der Waals surface area contributed by atoms with Crippen LogP contribution in [0.1, 0.15) is 28.5 Å². The van der Waals surface area contributed by atoms with E-state index in [1.54, 1.807) is 10.7 Å². The van der Waals surface area contributed by atoms with Gasteiger partial charge in [0.15, 0.2) is 5.82 Å². The van der Waals surface area contributed by atoms with Gasteiger partial charge in [0, 0.05) is 41.0 Å². The van der Waals surface area contributed by atoms with Crippen molar-refractivity contribution in [1.82, 2.24) is 24.5 Å². The predicted octanol–water partition coefficient (Wildman–Crippen LogP) is 5.58. The highest BCUT2D eigenvalue weighted by molar-refractivity contribution is 6.30. The topological polar surface area (TPSA) is 77.6 Å². The summed E-state index contributed by atoms with van der Waals surface area (Å²) in [5.41, 5.74) is 4.81. The van der Waals surface area contributed by atoms with E-state index in [1.165, 1.54) is 0 Å². The van der Waals surface area contributed by atoms with Crippen LogP contribution in [0.3, 0.4) is 0 Å². The van der Waals surface area contributed by atoms with Crippen LogP contribution in [0.2, 0.25) is 5.02 Å². The smallest absolute Gasteiger partial charge is 0.257 e. The zero-order chi connectivity index (χ0) is 23.7. The molecule has 5 rings (SSSR count). The Morgan fingerprint density at radius 2 is 1.88 bits per heavy atom. The first-order valence-electron chi connectivity index (χ1n) is 11.0. The average Bonchev–Trinajstić information content (AvgIpc) is 3.44. The number of nitrogens with zero attached hydrogens (tertiary/aromatic N) is 5. The number of hydrogen-bond acceptors (Lipinski definition) is 4. The van der Waals surface area contributed by atoms with E-state index < -0.39 is 0 Å². The summed E-state index contributed by atoms with van der Waals surface area (Å²) in [5, 5.41) is 13.4. The number of halogens is 1. The summed E-state index contributed by atoms with van der Waals surface area (Å²) in [7, 11) is 0. The van der Waals surface area contributed by atoms with Crippen LogP contribution < -0.4 is 5.32 Å². The summed E-state index contributed by atoms with van der Waals surface area (Å²) >= 11 is 6.08. The number of hydrogen-bond donors (Lipinski definition) is 1. The van der Waals surface area contributed by atoms with Crippen LogP contribution in [-0.2, 0) is 13.1 Å². The highest BCUT2D eigenvalue weighted by Crippen LogP contribution is 2.27. The Bertz CT molecular complexity index is 1500. The van der Waals surface area contributed by atoms with Gasteiger partial charge in [-0.05, 0) is 43.7 Å². The standard InChI is InChI=1S/C26H23ClN6O/c1-3-32-16-22(17(2)30-32)24-14-21(20-9-4-5-10-23(20)28-24)26(34)29-25-11-12-33(31-25)15-18-7-6-8-19(27)13-18/h4-14,16H,3,15H2,1-2H3,(H,29,31,34). The number of carbonyl (C=O) groups is 1. The normalized spacial score (nSPS) is 11.1. The van der Waals surface area contributed by atoms with E-state index in [2.05, 4.69) is 15.5 Å². The molecule has 1 N–H and O–H groups in total. The second-order valence-corrected chi connectivity index (χ2v) is 8.48. The lowest BCUT2D eigenvalue weighted by molar-refractivity contribution is 0.102. The SMILES string of the molecule is CCn1cc(-c2cc(C(=O)Nc3ccn(Cc4cccc(Cl)c4)n3)c3ccccc3n2)c(C)n1. The predicted molar refractivity (Wildman–Crippen MR) is 134 cm³/mol. The molecule has 7 nitrogen and oxygen atoms in total. The number of carbonyl (C=O) groups excluding carboxylic acids is 1. The summed E-state index contributed by atoms with van der Waals surface area (Å²) < 4.78 is 3.63. The van der Waals surface area contributed by atoms with Gasteiger partial charge < -0.3 is 5.32 Å². The Morgan fingerprint density at radius 3 is 2.68 bits per heavy atom. The van der Waals surface area contributed by atoms with Crippen molar-refractivity contribution >= 4 is 34.2 Å². The third-order valence-electron chi connectivity index (χ3n) is 5.62. The molecule has 0 aliphatic heterocycles. The fraction of sp³-hybridized carbons (Fsp3) is 0.154. The molecule has 0 atom stereocenters.